The minimum Gasteiger partial charge on any atom is -0.372 e. The van der Waals surface area contributed by atoms with Crippen LogP contribution in [0.15, 0.2) is 6.20 Å². The summed E-state index contributed by atoms with van der Waals surface area (Å²) in [6.45, 7) is 4.29. The third-order valence-corrected chi connectivity index (χ3v) is 3.23. The van der Waals surface area contributed by atoms with E-state index in [0.717, 1.165) is 11.4 Å². The Labute approximate surface area is 93.7 Å². The number of carbonyl (C=O) groups excluding carboxylic acids is 1. The van der Waals surface area contributed by atoms with Crippen LogP contribution in [0.5, 0.6) is 0 Å². The van der Waals surface area contributed by atoms with Gasteiger partial charge in [0.15, 0.2) is 0 Å². The van der Waals surface area contributed by atoms with E-state index in [4.69, 9.17) is 4.74 Å². The first-order valence-corrected chi connectivity index (χ1v) is 5.73. The number of nitrogens with zero attached hydrogens (tertiary/aromatic N) is 1. The van der Waals surface area contributed by atoms with Crippen LogP contribution < -0.4 is 5.32 Å². The molecule has 1 N–H and O–H groups in total. The predicted molar refractivity (Wildman–Crippen MR) is 59.8 cm³/mol. The summed E-state index contributed by atoms with van der Waals surface area (Å²) in [5.41, 5.74) is 0. The Hall–Kier alpha value is -0.940. The maximum atomic E-state index is 11.4. The molecule has 1 aromatic heterocycles. The number of carbonyl (C=O) groups is 1. The second-order valence-corrected chi connectivity index (χ2v) is 4.37. The van der Waals surface area contributed by atoms with E-state index in [2.05, 4.69) is 17.2 Å². The molecule has 0 spiro atoms. The van der Waals surface area contributed by atoms with Crippen molar-refractivity contribution in [1.82, 2.24) is 10.3 Å². The van der Waals surface area contributed by atoms with Gasteiger partial charge in [-0.1, -0.05) is 6.92 Å². The molecular formula is C10H16N2O2S. The van der Waals surface area contributed by atoms with Crippen molar-refractivity contribution in [3.63, 3.8) is 0 Å². The first-order valence-electron chi connectivity index (χ1n) is 4.91. The van der Waals surface area contributed by atoms with Crippen molar-refractivity contribution in [2.45, 2.75) is 32.9 Å². The number of ether oxygens (including phenoxy) is 1. The van der Waals surface area contributed by atoms with Gasteiger partial charge in [-0.05, 0) is 13.3 Å². The van der Waals surface area contributed by atoms with Crippen LogP contribution in [0.2, 0.25) is 0 Å². The van der Waals surface area contributed by atoms with Crippen LogP contribution in [0, 0.1) is 0 Å². The lowest BCUT2D eigenvalue weighted by molar-refractivity contribution is -0.130. The number of aryl methyl sites for hydroxylation is 1. The monoisotopic (exact) mass is 228 g/mol. The maximum absolute atomic E-state index is 11.4. The summed E-state index contributed by atoms with van der Waals surface area (Å²) in [6.07, 6.45) is 2.43. The lowest BCUT2D eigenvalue weighted by atomic mass is 10.4. The molecule has 0 aliphatic carbocycles. The smallest absolute Gasteiger partial charge is 0.249 e. The zero-order chi connectivity index (χ0) is 11.3. The maximum Gasteiger partial charge on any atom is 0.249 e. The molecule has 1 atom stereocenters. The largest absolute Gasteiger partial charge is 0.372 e. The standard InChI is InChI=1S/C10H16N2O2S/c1-4-8-5-11-9(15-8)6-12-10(13)7(2)14-3/h5,7H,4,6H2,1-3H3,(H,12,13). The van der Waals surface area contributed by atoms with Gasteiger partial charge in [0.2, 0.25) is 5.91 Å². The number of hydrogen-bond acceptors (Lipinski definition) is 4. The number of nitrogens with one attached hydrogen (secondary N) is 1. The number of thiazole rings is 1. The minimum absolute atomic E-state index is 0.106. The second-order valence-electron chi connectivity index (χ2n) is 3.17. The lowest BCUT2D eigenvalue weighted by Gasteiger charge is -2.08. The quantitative estimate of drug-likeness (QED) is 0.827. The Kier molecular flexibility index (Phi) is 4.71. The van der Waals surface area contributed by atoms with E-state index in [-0.39, 0.29) is 5.91 Å². The third kappa shape index (κ3) is 3.60. The van der Waals surface area contributed by atoms with Crippen molar-refractivity contribution in [3.8, 4) is 0 Å². The van der Waals surface area contributed by atoms with Crippen LogP contribution in [0.25, 0.3) is 0 Å². The van der Waals surface area contributed by atoms with Crippen LogP contribution in [0.3, 0.4) is 0 Å². The molecule has 84 valence electrons. The van der Waals surface area contributed by atoms with Crippen molar-refractivity contribution < 1.29 is 9.53 Å². The lowest BCUT2D eigenvalue weighted by Crippen LogP contribution is -2.33. The molecule has 0 aliphatic heterocycles. The van der Waals surface area contributed by atoms with E-state index < -0.39 is 6.10 Å². The number of rotatable bonds is 5. The number of methoxy groups -OCH3 is 1. The van der Waals surface area contributed by atoms with Crippen LogP contribution in [0.4, 0.5) is 0 Å². The molecule has 0 bridgehead atoms. The van der Waals surface area contributed by atoms with Crippen molar-refractivity contribution in [2.75, 3.05) is 7.11 Å². The highest BCUT2D eigenvalue weighted by Crippen LogP contribution is 2.12. The first kappa shape index (κ1) is 12.1. The van der Waals surface area contributed by atoms with E-state index in [1.54, 1.807) is 18.3 Å². The molecule has 5 heteroatoms. The Bertz CT molecular complexity index is 325. The van der Waals surface area contributed by atoms with Gasteiger partial charge in [0, 0.05) is 18.2 Å². The van der Waals surface area contributed by atoms with Gasteiger partial charge in [-0.3, -0.25) is 4.79 Å². The molecular weight excluding hydrogens is 212 g/mol. The SMILES string of the molecule is CCc1cnc(CNC(=O)C(C)OC)s1. The summed E-state index contributed by atoms with van der Waals surface area (Å²) >= 11 is 1.63. The summed E-state index contributed by atoms with van der Waals surface area (Å²) in [6, 6.07) is 0. The van der Waals surface area contributed by atoms with Crippen molar-refractivity contribution in [1.29, 1.82) is 0 Å². The highest BCUT2D eigenvalue weighted by atomic mass is 32.1. The van der Waals surface area contributed by atoms with Gasteiger partial charge in [-0.2, -0.15) is 0 Å². The summed E-state index contributed by atoms with van der Waals surface area (Å²) in [7, 11) is 1.52. The van der Waals surface area contributed by atoms with Crippen LogP contribution in [0.1, 0.15) is 23.7 Å². The molecule has 0 aliphatic rings. The predicted octanol–water partition coefficient (Wildman–Crippen LogP) is 1.36. The normalized spacial score (nSPS) is 12.5. The van der Waals surface area contributed by atoms with Gasteiger partial charge in [0.05, 0.1) is 6.54 Å². The summed E-state index contributed by atoms with van der Waals surface area (Å²) < 4.78 is 4.90. The number of amides is 1. The molecule has 0 fully saturated rings. The molecule has 15 heavy (non-hydrogen) atoms. The van der Waals surface area contributed by atoms with Gasteiger partial charge >= 0.3 is 0 Å². The van der Waals surface area contributed by atoms with Gasteiger partial charge in [0.1, 0.15) is 11.1 Å². The Morgan fingerprint density at radius 2 is 2.47 bits per heavy atom. The third-order valence-electron chi connectivity index (χ3n) is 2.09. The fourth-order valence-electron chi connectivity index (χ4n) is 1.01. The molecule has 1 amide bonds. The molecule has 0 aromatic carbocycles. The van der Waals surface area contributed by atoms with Crippen LogP contribution in [-0.2, 0) is 22.5 Å². The zero-order valence-corrected chi connectivity index (χ0v) is 10.1. The highest BCUT2D eigenvalue weighted by Gasteiger charge is 2.11. The van der Waals surface area contributed by atoms with E-state index >= 15 is 0 Å². The topological polar surface area (TPSA) is 51.2 Å². The average molecular weight is 228 g/mol. The van der Waals surface area contributed by atoms with E-state index in [0.29, 0.717) is 6.54 Å². The fraction of sp³-hybridized carbons (Fsp3) is 0.600. The zero-order valence-electron chi connectivity index (χ0n) is 9.24. The van der Waals surface area contributed by atoms with Crippen molar-refractivity contribution in [3.05, 3.63) is 16.1 Å². The first-order chi connectivity index (χ1) is 7.17. The van der Waals surface area contributed by atoms with Gasteiger partial charge in [-0.25, -0.2) is 4.98 Å². The van der Waals surface area contributed by atoms with Crippen LogP contribution >= 0.6 is 11.3 Å². The summed E-state index contributed by atoms with van der Waals surface area (Å²) in [5.74, 6) is -0.106. The molecule has 1 heterocycles. The molecule has 1 rings (SSSR count). The van der Waals surface area contributed by atoms with E-state index in [9.17, 15) is 4.79 Å². The second kappa shape index (κ2) is 5.82. The molecule has 1 aromatic rings. The number of hydrogen-bond donors (Lipinski definition) is 1. The van der Waals surface area contributed by atoms with Crippen LogP contribution in [-0.4, -0.2) is 24.1 Å². The average Bonchev–Trinajstić information content (AvgIpc) is 2.72. The van der Waals surface area contributed by atoms with Crippen molar-refractivity contribution >= 4 is 17.2 Å². The van der Waals surface area contributed by atoms with Gasteiger partial charge < -0.3 is 10.1 Å². The summed E-state index contributed by atoms with van der Waals surface area (Å²) in [4.78, 5) is 16.8. The molecule has 4 nitrogen and oxygen atoms in total. The van der Waals surface area contributed by atoms with E-state index in [1.807, 2.05) is 6.20 Å². The summed E-state index contributed by atoms with van der Waals surface area (Å²) in [5, 5.41) is 3.70. The Balaban J connectivity index is 2.40. The molecule has 0 saturated heterocycles. The minimum atomic E-state index is -0.407. The van der Waals surface area contributed by atoms with Gasteiger partial charge in [-0.15, -0.1) is 11.3 Å². The molecule has 0 radical (unpaired) electrons. The van der Waals surface area contributed by atoms with Gasteiger partial charge in [0.25, 0.3) is 0 Å². The Morgan fingerprint density at radius 1 is 1.73 bits per heavy atom. The molecule has 1 unspecified atom stereocenters. The highest BCUT2D eigenvalue weighted by molar-refractivity contribution is 7.11. The van der Waals surface area contributed by atoms with Crippen molar-refractivity contribution in [2.24, 2.45) is 0 Å². The number of aromatic nitrogens is 1. The molecule has 0 saturated carbocycles. The fourth-order valence-corrected chi connectivity index (χ4v) is 1.81. The van der Waals surface area contributed by atoms with E-state index in [1.165, 1.54) is 12.0 Å². The Morgan fingerprint density at radius 3 is 3.00 bits per heavy atom.